The highest BCUT2D eigenvalue weighted by molar-refractivity contribution is 6.25. The Hall–Kier alpha value is -7.02. The van der Waals surface area contributed by atoms with Gasteiger partial charge in [0.25, 0.3) is 0 Å². The van der Waals surface area contributed by atoms with E-state index in [-0.39, 0.29) is 5.41 Å². The van der Waals surface area contributed by atoms with Gasteiger partial charge in [-0.2, -0.15) is 0 Å². The smallest absolute Gasteiger partial charge is 0.0159 e. The molecular weight excluding hydrogens is 685 g/mol. The van der Waals surface area contributed by atoms with E-state index in [1.165, 1.54) is 120 Å². The molecule has 11 aromatic carbocycles. The number of hydrogen-bond acceptors (Lipinski definition) is 0. The Morgan fingerprint density at radius 3 is 1.26 bits per heavy atom. The normalized spacial score (nSPS) is 13.2. The molecule has 0 spiro atoms. The highest BCUT2D eigenvalue weighted by atomic mass is 14.4. The van der Waals surface area contributed by atoms with Gasteiger partial charge in [-0.15, -0.1) is 0 Å². The van der Waals surface area contributed by atoms with E-state index in [0.717, 1.165) is 0 Å². The van der Waals surface area contributed by atoms with Gasteiger partial charge in [-0.25, -0.2) is 0 Å². The van der Waals surface area contributed by atoms with E-state index < -0.39 is 0 Å². The van der Waals surface area contributed by atoms with Crippen LogP contribution < -0.4 is 0 Å². The molecule has 12 rings (SSSR count). The Kier molecular flexibility index (Phi) is 6.78. The number of hydrogen-bond donors (Lipinski definition) is 0. The van der Waals surface area contributed by atoms with Crippen molar-refractivity contribution in [2.24, 2.45) is 0 Å². The summed E-state index contributed by atoms with van der Waals surface area (Å²) in [5.74, 6) is 0. The summed E-state index contributed by atoms with van der Waals surface area (Å²) in [6.07, 6.45) is 0. The molecule has 266 valence electrons. The average molecular weight is 723 g/mol. The lowest BCUT2D eigenvalue weighted by molar-refractivity contribution is 0.661. The SMILES string of the molecule is CC1(C)c2cc(-c3ccc4cc(-c5ccc6c7ccccc7c7ccccc7c6c5)ccc4c3)ccc2-c2ccc(-c3cc4ccccc4c4ccccc34)cc21. The van der Waals surface area contributed by atoms with Gasteiger partial charge >= 0.3 is 0 Å². The predicted molar refractivity (Wildman–Crippen MR) is 245 cm³/mol. The summed E-state index contributed by atoms with van der Waals surface area (Å²) in [6, 6.07) is 72.7. The average Bonchev–Trinajstić information content (AvgIpc) is 3.50. The maximum absolute atomic E-state index is 2.46. The fourth-order valence-corrected chi connectivity index (χ4v) is 10.1. The van der Waals surface area contributed by atoms with Crippen molar-refractivity contribution in [3.05, 3.63) is 205 Å². The van der Waals surface area contributed by atoms with Crippen LogP contribution in [0.4, 0.5) is 0 Å². The van der Waals surface area contributed by atoms with E-state index >= 15 is 0 Å². The van der Waals surface area contributed by atoms with Crippen LogP contribution in [0.25, 0.3) is 109 Å². The molecule has 57 heavy (non-hydrogen) atoms. The monoisotopic (exact) mass is 722 g/mol. The molecule has 0 aliphatic heterocycles. The minimum Gasteiger partial charge on any atom is -0.0616 e. The van der Waals surface area contributed by atoms with Crippen LogP contribution in [0.5, 0.6) is 0 Å². The Bertz CT molecular complexity index is 3450. The summed E-state index contributed by atoms with van der Waals surface area (Å²) in [4.78, 5) is 0. The Morgan fingerprint density at radius 2 is 0.649 bits per heavy atom. The standard InChI is InChI=1S/C57H38/c1-57(2)55-33-40(24-27-51(55)52-28-25-42(34-56(52)57)53-32-41-11-3-4-12-43(41)44-13-5-9-17-48(44)53)38-22-20-35-29-37(21-19-36(35)30-38)39-23-26-50-47-16-7-6-14-45(47)46-15-8-10-18-49(46)54(50)31-39/h3-34H,1-2H3. The molecule has 0 heterocycles. The van der Waals surface area contributed by atoms with E-state index in [1.54, 1.807) is 0 Å². The lowest BCUT2D eigenvalue weighted by Crippen LogP contribution is -2.15. The van der Waals surface area contributed by atoms with E-state index in [4.69, 9.17) is 0 Å². The van der Waals surface area contributed by atoms with Gasteiger partial charge < -0.3 is 0 Å². The molecule has 1 aliphatic rings. The summed E-state index contributed by atoms with van der Waals surface area (Å²) in [5.41, 5.74) is 12.9. The molecule has 0 unspecified atom stereocenters. The maximum Gasteiger partial charge on any atom is 0.0159 e. The highest BCUT2D eigenvalue weighted by Gasteiger charge is 2.36. The molecule has 0 saturated carbocycles. The molecule has 0 saturated heterocycles. The van der Waals surface area contributed by atoms with Gasteiger partial charge in [-0.1, -0.05) is 172 Å². The fourth-order valence-electron chi connectivity index (χ4n) is 10.1. The topological polar surface area (TPSA) is 0 Å². The second kappa shape index (κ2) is 12.0. The first kappa shape index (κ1) is 32.2. The van der Waals surface area contributed by atoms with Gasteiger partial charge in [-0.05, 0) is 157 Å². The minimum atomic E-state index is -0.132. The summed E-state index contributed by atoms with van der Waals surface area (Å²) in [7, 11) is 0. The summed E-state index contributed by atoms with van der Waals surface area (Å²) in [5, 5.41) is 15.5. The van der Waals surface area contributed by atoms with Crippen LogP contribution in [0, 0.1) is 0 Å². The van der Waals surface area contributed by atoms with Crippen molar-refractivity contribution in [1.82, 2.24) is 0 Å². The molecule has 0 fully saturated rings. The number of benzene rings is 11. The van der Waals surface area contributed by atoms with Crippen LogP contribution in [0.15, 0.2) is 194 Å². The molecule has 0 nitrogen and oxygen atoms in total. The van der Waals surface area contributed by atoms with Crippen LogP contribution in [0.2, 0.25) is 0 Å². The van der Waals surface area contributed by atoms with Crippen LogP contribution >= 0.6 is 0 Å². The minimum absolute atomic E-state index is 0.132. The number of fused-ring (bicyclic) bond motifs is 13. The first-order valence-electron chi connectivity index (χ1n) is 20.1. The largest absolute Gasteiger partial charge is 0.0616 e. The fraction of sp³-hybridized carbons (Fsp3) is 0.0526. The van der Waals surface area contributed by atoms with Gasteiger partial charge in [0, 0.05) is 5.41 Å². The van der Waals surface area contributed by atoms with Crippen molar-refractivity contribution in [3.8, 4) is 44.5 Å². The molecule has 0 aromatic heterocycles. The first-order valence-corrected chi connectivity index (χ1v) is 20.1. The second-order valence-electron chi connectivity index (χ2n) is 16.5. The zero-order valence-electron chi connectivity index (χ0n) is 32.0. The molecular formula is C57H38. The molecule has 0 radical (unpaired) electrons. The van der Waals surface area contributed by atoms with E-state index in [2.05, 4.69) is 208 Å². The zero-order chi connectivity index (χ0) is 37.8. The van der Waals surface area contributed by atoms with E-state index in [1.807, 2.05) is 0 Å². The van der Waals surface area contributed by atoms with Crippen molar-refractivity contribution < 1.29 is 0 Å². The van der Waals surface area contributed by atoms with E-state index in [9.17, 15) is 0 Å². The summed E-state index contributed by atoms with van der Waals surface area (Å²) < 4.78 is 0. The third-order valence-corrected chi connectivity index (χ3v) is 13.0. The molecule has 0 atom stereocenters. The van der Waals surface area contributed by atoms with Crippen molar-refractivity contribution in [1.29, 1.82) is 0 Å². The van der Waals surface area contributed by atoms with Crippen LogP contribution in [0.1, 0.15) is 25.0 Å². The van der Waals surface area contributed by atoms with Crippen molar-refractivity contribution in [2.45, 2.75) is 19.3 Å². The molecule has 0 N–H and O–H groups in total. The second-order valence-corrected chi connectivity index (χ2v) is 16.5. The third-order valence-electron chi connectivity index (χ3n) is 13.0. The Morgan fingerprint density at radius 1 is 0.246 bits per heavy atom. The predicted octanol–water partition coefficient (Wildman–Crippen LogP) is 15.9. The van der Waals surface area contributed by atoms with Crippen LogP contribution in [0.3, 0.4) is 0 Å². The number of rotatable bonds is 3. The molecule has 11 aromatic rings. The van der Waals surface area contributed by atoms with Gasteiger partial charge in [0.1, 0.15) is 0 Å². The van der Waals surface area contributed by atoms with Crippen molar-refractivity contribution >= 4 is 64.6 Å². The summed E-state index contributed by atoms with van der Waals surface area (Å²) in [6.45, 7) is 4.79. The quantitative estimate of drug-likeness (QED) is 0.159. The molecule has 1 aliphatic carbocycles. The van der Waals surface area contributed by atoms with Gasteiger partial charge in [0.15, 0.2) is 0 Å². The van der Waals surface area contributed by atoms with Crippen molar-refractivity contribution in [3.63, 3.8) is 0 Å². The lowest BCUT2D eigenvalue weighted by atomic mass is 9.80. The Balaban J connectivity index is 0.900. The van der Waals surface area contributed by atoms with Crippen LogP contribution in [-0.4, -0.2) is 0 Å². The summed E-state index contributed by atoms with van der Waals surface area (Å²) >= 11 is 0. The van der Waals surface area contributed by atoms with Crippen LogP contribution in [-0.2, 0) is 5.41 Å². The molecule has 0 heteroatoms. The Labute approximate surface area is 332 Å². The first-order chi connectivity index (χ1) is 28.0. The zero-order valence-corrected chi connectivity index (χ0v) is 32.0. The maximum atomic E-state index is 2.46. The highest BCUT2D eigenvalue weighted by Crippen LogP contribution is 2.51. The molecule has 0 bridgehead atoms. The van der Waals surface area contributed by atoms with Gasteiger partial charge in [0.05, 0.1) is 0 Å². The van der Waals surface area contributed by atoms with Gasteiger partial charge in [0.2, 0.25) is 0 Å². The lowest BCUT2D eigenvalue weighted by Gasteiger charge is -2.23. The molecule has 0 amide bonds. The van der Waals surface area contributed by atoms with E-state index in [0.29, 0.717) is 0 Å². The third kappa shape index (κ3) is 4.81. The van der Waals surface area contributed by atoms with Gasteiger partial charge in [-0.3, -0.25) is 0 Å². The van der Waals surface area contributed by atoms with Crippen molar-refractivity contribution in [2.75, 3.05) is 0 Å².